The van der Waals surface area contributed by atoms with Crippen molar-refractivity contribution in [3.8, 4) is 0 Å². The van der Waals surface area contributed by atoms with Gasteiger partial charge >= 0.3 is 0 Å². The van der Waals surface area contributed by atoms with E-state index >= 15 is 0 Å². The van der Waals surface area contributed by atoms with Crippen LogP contribution in [-0.2, 0) is 4.74 Å². The lowest BCUT2D eigenvalue weighted by atomic mass is 10.0. The van der Waals surface area contributed by atoms with Gasteiger partial charge in [-0.2, -0.15) is 0 Å². The molecule has 0 radical (unpaired) electrons. The lowest BCUT2D eigenvalue weighted by molar-refractivity contribution is 0.0161. The van der Waals surface area contributed by atoms with Gasteiger partial charge in [0, 0.05) is 38.4 Å². The predicted molar refractivity (Wildman–Crippen MR) is 63.9 cm³/mol. The Kier molecular flexibility index (Phi) is 5.58. The Bertz CT molecular complexity index is 167. The Labute approximate surface area is 94.0 Å². The smallest absolute Gasteiger partial charge is 0.0480 e. The Morgan fingerprint density at radius 1 is 1.27 bits per heavy atom. The van der Waals surface area contributed by atoms with Crippen molar-refractivity contribution in [1.29, 1.82) is 0 Å². The molecule has 15 heavy (non-hydrogen) atoms. The minimum atomic E-state index is 0.496. The zero-order valence-electron chi connectivity index (χ0n) is 10.4. The fourth-order valence-corrected chi connectivity index (χ4v) is 2.26. The van der Waals surface area contributed by atoms with Gasteiger partial charge in [-0.3, -0.25) is 4.90 Å². The molecule has 1 heterocycles. The third-order valence-corrected chi connectivity index (χ3v) is 3.14. The highest BCUT2D eigenvalue weighted by Gasteiger charge is 2.25. The van der Waals surface area contributed by atoms with Crippen molar-refractivity contribution in [3.05, 3.63) is 0 Å². The van der Waals surface area contributed by atoms with E-state index in [9.17, 15) is 0 Å². The molecule has 1 aliphatic rings. The van der Waals surface area contributed by atoms with E-state index in [1.807, 2.05) is 0 Å². The summed E-state index contributed by atoms with van der Waals surface area (Å²) in [6, 6.07) is 1.18. The second kappa shape index (κ2) is 6.46. The summed E-state index contributed by atoms with van der Waals surface area (Å²) in [5.74, 6) is 0.710. The van der Waals surface area contributed by atoms with Crippen molar-refractivity contribution in [2.45, 2.75) is 45.7 Å². The summed E-state index contributed by atoms with van der Waals surface area (Å²) < 4.78 is 5.41. The minimum Gasteiger partial charge on any atom is -0.381 e. The molecule has 3 heteroatoms. The molecule has 1 fully saturated rings. The van der Waals surface area contributed by atoms with Crippen LogP contribution in [0.4, 0.5) is 0 Å². The van der Waals surface area contributed by atoms with Crippen molar-refractivity contribution in [3.63, 3.8) is 0 Å². The van der Waals surface area contributed by atoms with Gasteiger partial charge in [-0.1, -0.05) is 13.8 Å². The van der Waals surface area contributed by atoms with E-state index in [2.05, 4.69) is 25.7 Å². The number of hydrogen-bond donors (Lipinski definition) is 1. The van der Waals surface area contributed by atoms with Crippen LogP contribution in [-0.4, -0.2) is 43.3 Å². The van der Waals surface area contributed by atoms with Crippen LogP contribution in [0.25, 0.3) is 0 Å². The molecule has 0 bridgehead atoms. The molecule has 0 amide bonds. The molecule has 0 aliphatic carbocycles. The fraction of sp³-hybridized carbons (Fsp3) is 1.00. The van der Waals surface area contributed by atoms with Crippen molar-refractivity contribution < 1.29 is 4.74 Å². The molecule has 1 unspecified atom stereocenters. The Balaban J connectivity index is 2.52. The third-order valence-electron chi connectivity index (χ3n) is 3.14. The molecular formula is C12H26N2O. The zero-order chi connectivity index (χ0) is 11.3. The van der Waals surface area contributed by atoms with Gasteiger partial charge < -0.3 is 10.5 Å². The van der Waals surface area contributed by atoms with Gasteiger partial charge in [0.05, 0.1) is 0 Å². The Hall–Kier alpha value is -0.120. The predicted octanol–water partition coefficient (Wildman–Crippen LogP) is 1.47. The largest absolute Gasteiger partial charge is 0.381 e. The third kappa shape index (κ3) is 4.09. The summed E-state index contributed by atoms with van der Waals surface area (Å²) in [5, 5.41) is 0. The van der Waals surface area contributed by atoms with E-state index in [-0.39, 0.29) is 0 Å². The highest BCUT2D eigenvalue weighted by molar-refractivity contribution is 4.80. The monoisotopic (exact) mass is 214 g/mol. The highest BCUT2D eigenvalue weighted by atomic mass is 16.5. The summed E-state index contributed by atoms with van der Waals surface area (Å²) >= 11 is 0. The van der Waals surface area contributed by atoms with E-state index < -0.39 is 0 Å². The molecule has 1 saturated heterocycles. The molecule has 1 rings (SSSR count). The molecule has 0 aromatic carbocycles. The van der Waals surface area contributed by atoms with Crippen LogP contribution in [0.3, 0.4) is 0 Å². The van der Waals surface area contributed by atoms with Gasteiger partial charge in [-0.15, -0.1) is 0 Å². The number of ether oxygens (including phenoxy) is 1. The second-order valence-corrected chi connectivity index (χ2v) is 5.02. The molecule has 3 nitrogen and oxygen atoms in total. The summed E-state index contributed by atoms with van der Waals surface area (Å²) in [5.41, 5.74) is 5.78. The first kappa shape index (κ1) is 12.9. The van der Waals surface area contributed by atoms with Crippen molar-refractivity contribution >= 4 is 0 Å². The zero-order valence-corrected chi connectivity index (χ0v) is 10.4. The van der Waals surface area contributed by atoms with Gasteiger partial charge in [0.25, 0.3) is 0 Å². The maximum Gasteiger partial charge on any atom is 0.0480 e. The average molecular weight is 214 g/mol. The number of nitrogens with two attached hydrogens (primary N) is 1. The maximum atomic E-state index is 5.78. The Morgan fingerprint density at radius 3 is 2.33 bits per heavy atom. The molecule has 1 atom stereocenters. The van der Waals surface area contributed by atoms with Crippen LogP contribution in [0.15, 0.2) is 0 Å². The minimum absolute atomic E-state index is 0.496. The molecule has 2 N–H and O–H groups in total. The Morgan fingerprint density at radius 2 is 1.87 bits per heavy atom. The molecule has 0 spiro atoms. The molecule has 0 aromatic rings. The SMILES string of the molecule is CC(C)CN(C(C)CN)C1CCOCC1. The van der Waals surface area contributed by atoms with Crippen LogP contribution < -0.4 is 5.73 Å². The summed E-state index contributed by atoms with van der Waals surface area (Å²) in [6.07, 6.45) is 2.33. The number of rotatable bonds is 5. The topological polar surface area (TPSA) is 38.5 Å². The van der Waals surface area contributed by atoms with Gasteiger partial charge in [0.15, 0.2) is 0 Å². The normalized spacial score (nSPS) is 21.2. The number of nitrogens with zero attached hydrogens (tertiary/aromatic N) is 1. The standard InChI is InChI=1S/C12H26N2O/c1-10(2)9-14(11(3)8-13)12-4-6-15-7-5-12/h10-12H,4-9,13H2,1-3H3. The average Bonchev–Trinajstić information content (AvgIpc) is 2.26. The first-order chi connectivity index (χ1) is 7.15. The van der Waals surface area contributed by atoms with Gasteiger partial charge in [0.2, 0.25) is 0 Å². The molecule has 1 aliphatic heterocycles. The highest BCUT2D eigenvalue weighted by Crippen LogP contribution is 2.18. The lowest BCUT2D eigenvalue weighted by Gasteiger charge is -2.39. The van der Waals surface area contributed by atoms with Gasteiger partial charge in [0.1, 0.15) is 0 Å². The molecule has 90 valence electrons. The van der Waals surface area contributed by atoms with Crippen LogP contribution >= 0.6 is 0 Å². The second-order valence-electron chi connectivity index (χ2n) is 5.02. The summed E-state index contributed by atoms with van der Waals surface area (Å²) in [6.45, 7) is 10.5. The quantitative estimate of drug-likeness (QED) is 0.753. The van der Waals surface area contributed by atoms with Gasteiger partial charge in [-0.25, -0.2) is 0 Å². The van der Waals surface area contributed by atoms with Crippen molar-refractivity contribution in [2.75, 3.05) is 26.3 Å². The first-order valence-corrected chi connectivity index (χ1v) is 6.18. The first-order valence-electron chi connectivity index (χ1n) is 6.18. The van der Waals surface area contributed by atoms with E-state index in [0.29, 0.717) is 18.0 Å². The van der Waals surface area contributed by atoms with Crippen LogP contribution in [0.2, 0.25) is 0 Å². The van der Waals surface area contributed by atoms with Crippen molar-refractivity contribution in [1.82, 2.24) is 4.90 Å². The maximum absolute atomic E-state index is 5.78. The van der Waals surface area contributed by atoms with Crippen LogP contribution in [0.1, 0.15) is 33.6 Å². The van der Waals surface area contributed by atoms with Gasteiger partial charge in [-0.05, 0) is 25.7 Å². The van der Waals surface area contributed by atoms with Crippen LogP contribution in [0, 0.1) is 5.92 Å². The lowest BCUT2D eigenvalue weighted by Crippen LogP contribution is -2.49. The van der Waals surface area contributed by atoms with E-state index in [0.717, 1.165) is 39.1 Å². The van der Waals surface area contributed by atoms with Crippen LogP contribution in [0.5, 0.6) is 0 Å². The molecular weight excluding hydrogens is 188 g/mol. The molecule has 0 aromatic heterocycles. The summed E-state index contributed by atoms with van der Waals surface area (Å²) in [4.78, 5) is 2.58. The van der Waals surface area contributed by atoms with E-state index in [1.165, 1.54) is 0 Å². The van der Waals surface area contributed by atoms with E-state index in [1.54, 1.807) is 0 Å². The fourth-order valence-electron chi connectivity index (χ4n) is 2.26. The summed E-state index contributed by atoms with van der Waals surface area (Å²) in [7, 11) is 0. The van der Waals surface area contributed by atoms with E-state index in [4.69, 9.17) is 10.5 Å². The van der Waals surface area contributed by atoms with Crippen molar-refractivity contribution in [2.24, 2.45) is 11.7 Å². The molecule has 0 saturated carbocycles. The number of hydrogen-bond acceptors (Lipinski definition) is 3.